The molecule has 1 aliphatic heterocycles. The molecular formula is C21H19ClN4O2. The van der Waals surface area contributed by atoms with Crippen molar-refractivity contribution in [1.82, 2.24) is 15.5 Å². The molecule has 0 saturated heterocycles. The first kappa shape index (κ1) is 18.3. The van der Waals surface area contributed by atoms with Gasteiger partial charge in [-0.25, -0.2) is 0 Å². The summed E-state index contributed by atoms with van der Waals surface area (Å²) in [4.78, 5) is 25.4. The Kier molecular flexibility index (Phi) is 4.65. The number of nitrogens with zero attached hydrogens (tertiary/aromatic N) is 1. The summed E-state index contributed by atoms with van der Waals surface area (Å²) in [5.41, 5.74) is 4.25. The third-order valence-corrected chi connectivity index (χ3v) is 5.08. The second kappa shape index (κ2) is 7.13. The zero-order valence-corrected chi connectivity index (χ0v) is 16.2. The van der Waals surface area contributed by atoms with Crippen LogP contribution in [0.4, 0.5) is 5.69 Å². The minimum absolute atomic E-state index is 0.253. The highest BCUT2D eigenvalue weighted by molar-refractivity contribution is 6.30. The minimum atomic E-state index is -0.747. The first-order chi connectivity index (χ1) is 13.4. The minimum Gasteiger partial charge on any atom is -0.336 e. The van der Waals surface area contributed by atoms with Gasteiger partial charge in [0.05, 0.1) is 17.5 Å². The number of aromatic amines is 1. The molecule has 0 aliphatic carbocycles. The molecule has 7 heteroatoms. The van der Waals surface area contributed by atoms with Crippen LogP contribution in [0.2, 0.25) is 5.02 Å². The number of carbonyl (C=O) groups is 2. The van der Waals surface area contributed by atoms with Gasteiger partial charge in [0, 0.05) is 21.8 Å². The molecule has 4 rings (SSSR count). The summed E-state index contributed by atoms with van der Waals surface area (Å²) in [6, 6.07) is 12.2. The largest absolute Gasteiger partial charge is 0.336 e. The fourth-order valence-corrected chi connectivity index (χ4v) is 3.50. The molecule has 1 aromatic heterocycles. The second-order valence-electron chi connectivity index (χ2n) is 7.07. The van der Waals surface area contributed by atoms with Gasteiger partial charge in [-0.05, 0) is 29.7 Å². The van der Waals surface area contributed by atoms with Gasteiger partial charge in [-0.1, -0.05) is 49.7 Å². The first-order valence-corrected chi connectivity index (χ1v) is 9.36. The summed E-state index contributed by atoms with van der Waals surface area (Å²) < 4.78 is 0. The van der Waals surface area contributed by atoms with E-state index in [-0.39, 0.29) is 11.8 Å². The van der Waals surface area contributed by atoms with Gasteiger partial charge in [0.1, 0.15) is 6.04 Å². The number of hydrogen-bond acceptors (Lipinski definition) is 3. The van der Waals surface area contributed by atoms with E-state index in [1.807, 2.05) is 24.3 Å². The predicted molar refractivity (Wildman–Crippen MR) is 108 cm³/mol. The van der Waals surface area contributed by atoms with Crippen LogP contribution in [0.5, 0.6) is 0 Å². The molecule has 0 bridgehead atoms. The molecule has 1 aliphatic rings. The molecule has 0 spiro atoms. The standard InChI is InChI=1S/C21H19ClN4O2/c1-11(2)12-6-7-17-15(9-12)19(21(28)24-17)25-20(27)16-10-23-26-18(16)13-4-3-5-14(22)8-13/h3-11,19H,1-2H3,(H,23,26)(H,24,28)(H,25,27)/t19-/m1/s1. The van der Waals surface area contributed by atoms with E-state index in [2.05, 4.69) is 34.7 Å². The topological polar surface area (TPSA) is 86.9 Å². The Morgan fingerprint density at radius 1 is 1.21 bits per heavy atom. The van der Waals surface area contributed by atoms with Crippen LogP contribution in [0, 0.1) is 0 Å². The number of carbonyl (C=O) groups excluding carboxylic acids is 2. The highest BCUT2D eigenvalue weighted by Crippen LogP contribution is 2.34. The van der Waals surface area contributed by atoms with Gasteiger partial charge in [-0.2, -0.15) is 5.10 Å². The maximum atomic E-state index is 12.9. The molecule has 3 N–H and O–H groups in total. The van der Waals surface area contributed by atoms with Crippen LogP contribution >= 0.6 is 11.6 Å². The molecule has 0 fully saturated rings. The van der Waals surface area contributed by atoms with Crippen LogP contribution in [-0.2, 0) is 4.79 Å². The Hall–Kier alpha value is -3.12. The number of amides is 2. The molecule has 2 aromatic carbocycles. The van der Waals surface area contributed by atoms with Crippen molar-refractivity contribution in [1.29, 1.82) is 0 Å². The average molecular weight is 395 g/mol. The lowest BCUT2D eigenvalue weighted by atomic mass is 9.98. The van der Waals surface area contributed by atoms with Crippen LogP contribution in [0.25, 0.3) is 11.3 Å². The molecule has 28 heavy (non-hydrogen) atoms. The normalized spacial score (nSPS) is 15.4. The van der Waals surface area contributed by atoms with Crippen molar-refractivity contribution in [3.05, 3.63) is 70.4 Å². The fraction of sp³-hybridized carbons (Fsp3) is 0.190. The zero-order chi connectivity index (χ0) is 19.8. The van der Waals surface area contributed by atoms with E-state index in [9.17, 15) is 9.59 Å². The van der Waals surface area contributed by atoms with Crippen LogP contribution in [0.15, 0.2) is 48.7 Å². The first-order valence-electron chi connectivity index (χ1n) is 8.99. The van der Waals surface area contributed by atoms with Crippen molar-refractivity contribution in [3.63, 3.8) is 0 Å². The monoisotopic (exact) mass is 394 g/mol. The number of aromatic nitrogens is 2. The molecule has 0 unspecified atom stereocenters. The van der Waals surface area contributed by atoms with Gasteiger partial charge in [-0.15, -0.1) is 0 Å². The molecule has 2 amide bonds. The van der Waals surface area contributed by atoms with E-state index in [1.165, 1.54) is 6.20 Å². The number of halogens is 1. The number of anilines is 1. The Labute approximate surface area is 167 Å². The summed E-state index contributed by atoms with van der Waals surface area (Å²) in [5.74, 6) is -0.315. The van der Waals surface area contributed by atoms with Crippen molar-refractivity contribution in [2.75, 3.05) is 5.32 Å². The molecular weight excluding hydrogens is 376 g/mol. The highest BCUT2D eigenvalue weighted by Gasteiger charge is 2.33. The van der Waals surface area contributed by atoms with E-state index in [0.29, 0.717) is 22.2 Å². The summed E-state index contributed by atoms with van der Waals surface area (Å²) >= 11 is 6.06. The maximum absolute atomic E-state index is 12.9. The maximum Gasteiger partial charge on any atom is 0.256 e. The van der Waals surface area contributed by atoms with Crippen molar-refractivity contribution < 1.29 is 9.59 Å². The lowest BCUT2D eigenvalue weighted by Gasteiger charge is -2.14. The summed E-state index contributed by atoms with van der Waals surface area (Å²) in [6.45, 7) is 4.17. The summed E-state index contributed by atoms with van der Waals surface area (Å²) in [5, 5.41) is 13.1. The van der Waals surface area contributed by atoms with E-state index in [1.54, 1.807) is 18.2 Å². The fourth-order valence-electron chi connectivity index (χ4n) is 3.31. The van der Waals surface area contributed by atoms with Crippen LogP contribution in [0.1, 0.15) is 47.3 Å². The molecule has 0 radical (unpaired) electrons. The number of rotatable bonds is 4. The average Bonchev–Trinajstić information content (AvgIpc) is 3.26. The van der Waals surface area contributed by atoms with Crippen molar-refractivity contribution in [3.8, 4) is 11.3 Å². The Balaban J connectivity index is 1.63. The van der Waals surface area contributed by atoms with E-state index >= 15 is 0 Å². The zero-order valence-electron chi connectivity index (χ0n) is 15.4. The molecule has 1 atom stereocenters. The molecule has 3 aromatic rings. The third kappa shape index (κ3) is 3.27. The number of fused-ring (bicyclic) bond motifs is 1. The van der Waals surface area contributed by atoms with Crippen molar-refractivity contribution >= 4 is 29.1 Å². The van der Waals surface area contributed by atoms with Crippen molar-refractivity contribution in [2.45, 2.75) is 25.8 Å². The third-order valence-electron chi connectivity index (χ3n) is 4.85. The lowest BCUT2D eigenvalue weighted by molar-refractivity contribution is -0.117. The van der Waals surface area contributed by atoms with Crippen LogP contribution in [0.3, 0.4) is 0 Å². The van der Waals surface area contributed by atoms with Gasteiger partial charge < -0.3 is 10.6 Å². The van der Waals surface area contributed by atoms with Gasteiger partial charge in [0.25, 0.3) is 11.8 Å². The molecule has 2 heterocycles. The van der Waals surface area contributed by atoms with Gasteiger partial charge in [0.2, 0.25) is 0 Å². The predicted octanol–water partition coefficient (Wildman–Crippen LogP) is 4.28. The number of hydrogen-bond donors (Lipinski definition) is 3. The molecule has 6 nitrogen and oxygen atoms in total. The molecule has 0 saturated carbocycles. The summed E-state index contributed by atoms with van der Waals surface area (Å²) in [7, 11) is 0. The summed E-state index contributed by atoms with van der Waals surface area (Å²) in [6.07, 6.45) is 1.45. The van der Waals surface area contributed by atoms with Gasteiger partial charge in [0.15, 0.2) is 0 Å². The number of H-pyrrole nitrogens is 1. The number of nitrogens with one attached hydrogen (secondary N) is 3. The highest BCUT2D eigenvalue weighted by atomic mass is 35.5. The van der Waals surface area contributed by atoms with Crippen LogP contribution < -0.4 is 10.6 Å². The lowest BCUT2D eigenvalue weighted by Crippen LogP contribution is -2.33. The quantitative estimate of drug-likeness (QED) is 0.617. The van der Waals surface area contributed by atoms with Crippen LogP contribution in [-0.4, -0.2) is 22.0 Å². The van der Waals surface area contributed by atoms with E-state index < -0.39 is 6.04 Å². The van der Waals surface area contributed by atoms with E-state index in [4.69, 9.17) is 11.6 Å². The Morgan fingerprint density at radius 3 is 2.79 bits per heavy atom. The molecule has 142 valence electrons. The van der Waals surface area contributed by atoms with Gasteiger partial charge >= 0.3 is 0 Å². The number of benzene rings is 2. The van der Waals surface area contributed by atoms with E-state index in [0.717, 1.165) is 22.4 Å². The Morgan fingerprint density at radius 2 is 2.04 bits per heavy atom. The SMILES string of the molecule is CC(C)c1ccc2c(c1)[C@@H](NC(=O)c1cn[nH]c1-c1cccc(Cl)c1)C(=O)N2. The van der Waals surface area contributed by atoms with Gasteiger partial charge in [-0.3, -0.25) is 14.7 Å². The van der Waals surface area contributed by atoms with Crippen molar-refractivity contribution in [2.24, 2.45) is 0 Å². The second-order valence-corrected chi connectivity index (χ2v) is 7.50. The Bertz CT molecular complexity index is 1070. The smallest absolute Gasteiger partial charge is 0.256 e.